The van der Waals surface area contributed by atoms with E-state index in [-0.39, 0.29) is 18.0 Å². The van der Waals surface area contributed by atoms with Crippen LogP contribution in [-0.2, 0) is 11.2 Å². The average Bonchev–Trinajstić information content (AvgIpc) is 2.53. The third kappa shape index (κ3) is 3.87. The van der Waals surface area contributed by atoms with Gasteiger partial charge in [-0.25, -0.2) is 9.18 Å². The van der Waals surface area contributed by atoms with Crippen molar-refractivity contribution in [1.82, 2.24) is 0 Å². The lowest BCUT2D eigenvalue weighted by atomic mass is 9.91. The minimum absolute atomic E-state index is 0.183. The second-order valence-corrected chi connectivity index (χ2v) is 8.05. The molecule has 0 saturated heterocycles. The molecule has 1 atom stereocenters. The molecule has 3 rings (SSSR count). The summed E-state index contributed by atoms with van der Waals surface area (Å²) in [5.74, 6) is -0.286. The minimum atomic E-state index is -0.589. The summed E-state index contributed by atoms with van der Waals surface area (Å²) >= 11 is 3.58. The van der Waals surface area contributed by atoms with Gasteiger partial charge in [-0.15, -0.1) is 0 Å². The summed E-state index contributed by atoms with van der Waals surface area (Å²) in [5.41, 5.74) is 2.24. The van der Waals surface area contributed by atoms with E-state index in [2.05, 4.69) is 15.9 Å². The highest BCUT2D eigenvalue weighted by molar-refractivity contribution is 9.10. The molecule has 132 valence electrons. The SMILES string of the molecule is CC(C)(C)OC(=O)N1c2cccc(Br)c2CCC1c1ccc(F)cc1. The van der Waals surface area contributed by atoms with Crippen molar-refractivity contribution < 1.29 is 13.9 Å². The number of nitrogens with zero attached hydrogens (tertiary/aromatic N) is 1. The molecule has 2 aromatic carbocycles. The van der Waals surface area contributed by atoms with Crippen LogP contribution in [0.1, 0.15) is 44.4 Å². The molecule has 0 fully saturated rings. The number of carbonyl (C=O) groups is 1. The Morgan fingerprint density at radius 1 is 1.20 bits per heavy atom. The summed E-state index contributed by atoms with van der Waals surface area (Å²) < 4.78 is 19.9. The fourth-order valence-corrected chi connectivity index (χ4v) is 3.69. The predicted molar refractivity (Wildman–Crippen MR) is 100 cm³/mol. The fourth-order valence-electron chi connectivity index (χ4n) is 3.14. The Kier molecular flexibility index (Phi) is 4.87. The summed E-state index contributed by atoms with van der Waals surface area (Å²) in [7, 11) is 0. The number of ether oxygens (including phenoxy) is 1. The Morgan fingerprint density at radius 3 is 2.52 bits per heavy atom. The van der Waals surface area contributed by atoms with Crippen LogP contribution >= 0.6 is 15.9 Å². The highest BCUT2D eigenvalue weighted by Gasteiger charge is 2.35. The van der Waals surface area contributed by atoms with Gasteiger partial charge >= 0.3 is 6.09 Å². The molecule has 0 aromatic heterocycles. The Hall–Kier alpha value is -1.88. The van der Waals surface area contributed by atoms with Gasteiger partial charge < -0.3 is 4.74 Å². The van der Waals surface area contributed by atoms with Crippen molar-refractivity contribution in [3.63, 3.8) is 0 Å². The summed E-state index contributed by atoms with van der Waals surface area (Å²) in [6.45, 7) is 5.55. The first-order valence-electron chi connectivity index (χ1n) is 8.31. The van der Waals surface area contributed by atoms with Crippen molar-refractivity contribution in [3.8, 4) is 0 Å². The normalized spacial score (nSPS) is 17.2. The fraction of sp³-hybridized carbons (Fsp3) is 0.350. The van der Waals surface area contributed by atoms with E-state index in [0.29, 0.717) is 0 Å². The van der Waals surface area contributed by atoms with E-state index in [0.717, 1.165) is 34.1 Å². The van der Waals surface area contributed by atoms with E-state index in [1.165, 1.54) is 12.1 Å². The molecule has 1 aliphatic rings. The minimum Gasteiger partial charge on any atom is -0.443 e. The smallest absolute Gasteiger partial charge is 0.415 e. The van der Waals surface area contributed by atoms with Gasteiger partial charge in [0.15, 0.2) is 0 Å². The second kappa shape index (κ2) is 6.79. The maximum atomic E-state index is 13.3. The molecule has 25 heavy (non-hydrogen) atoms. The molecular formula is C20H21BrFNO2. The molecule has 0 saturated carbocycles. The van der Waals surface area contributed by atoms with E-state index >= 15 is 0 Å². The molecule has 2 aromatic rings. The summed E-state index contributed by atoms with van der Waals surface area (Å²) in [5, 5.41) is 0. The Bertz CT molecular complexity index is 783. The van der Waals surface area contributed by atoms with Gasteiger partial charge in [-0.05, 0) is 69.0 Å². The third-order valence-corrected chi connectivity index (χ3v) is 4.92. The van der Waals surface area contributed by atoms with Crippen molar-refractivity contribution in [3.05, 3.63) is 63.9 Å². The number of halogens is 2. The monoisotopic (exact) mass is 405 g/mol. The number of carbonyl (C=O) groups excluding carboxylic acids is 1. The molecule has 0 spiro atoms. The zero-order valence-electron chi connectivity index (χ0n) is 14.6. The van der Waals surface area contributed by atoms with Crippen molar-refractivity contribution >= 4 is 27.7 Å². The number of rotatable bonds is 1. The molecule has 3 nitrogen and oxygen atoms in total. The van der Waals surface area contributed by atoms with Crippen LogP contribution in [0.25, 0.3) is 0 Å². The molecule has 0 N–H and O–H groups in total. The van der Waals surface area contributed by atoms with Gasteiger partial charge in [0, 0.05) is 4.47 Å². The lowest BCUT2D eigenvalue weighted by Crippen LogP contribution is -2.42. The quantitative estimate of drug-likeness (QED) is 0.580. The highest BCUT2D eigenvalue weighted by atomic mass is 79.9. The van der Waals surface area contributed by atoms with Crippen LogP contribution in [-0.4, -0.2) is 11.7 Å². The molecule has 1 unspecified atom stereocenters. The molecule has 0 bridgehead atoms. The lowest BCUT2D eigenvalue weighted by molar-refractivity contribution is 0.0560. The maximum Gasteiger partial charge on any atom is 0.415 e. The van der Waals surface area contributed by atoms with Crippen LogP contribution < -0.4 is 4.90 Å². The number of amides is 1. The van der Waals surface area contributed by atoms with Crippen molar-refractivity contribution in [2.45, 2.75) is 45.3 Å². The molecule has 1 heterocycles. The van der Waals surface area contributed by atoms with Gasteiger partial charge in [0.2, 0.25) is 0 Å². The van der Waals surface area contributed by atoms with Crippen molar-refractivity contribution in [2.24, 2.45) is 0 Å². The van der Waals surface area contributed by atoms with E-state index in [1.54, 1.807) is 17.0 Å². The molecule has 0 aliphatic carbocycles. The standard InChI is InChI=1S/C20H21BrFNO2/c1-20(2,3)25-19(24)23-17(13-7-9-14(22)10-8-13)12-11-15-16(21)5-4-6-18(15)23/h4-10,17H,11-12H2,1-3H3. The second-order valence-electron chi connectivity index (χ2n) is 7.19. The van der Waals surface area contributed by atoms with Crippen LogP contribution in [0.3, 0.4) is 0 Å². The molecule has 0 radical (unpaired) electrons. The maximum absolute atomic E-state index is 13.3. The number of hydrogen-bond acceptors (Lipinski definition) is 2. The Labute approximate surface area is 155 Å². The lowest BCUT2D eigenvalue weighted by Gasteiger charge is -2.38. The number of benzene rings is 2. The van der Waals surface area contributed by atoms with E-state index in [4.69, 9.17) is 4.74 Å². The Morgan fingerprint density at radius 2 is 1.88 bits per heavy atom. The molecule has 1 aliphatic heterocycles. The number of hydrogen-bond donors (Lipinski definition) is 0. The van der Waals surface area contributed by atoms with Crippen LogP contribution in [0, 0.1) is 5.82 Å². The first kappa shape index (κ1) is 17.9. The van der Waals surface area contributed by atoms with Gasteiger partial charge in [0.1, 0.15) is 11.4 Å². The predicted octanol–water partition coefficient (Wildman–Crippen LogP) is 6.02. The van der Waals surface area contributed by atoms with Gasteiger partial charge in [-0.1, -0.05) is 34.1 Å². The van der Waals surface area contributed by atoms with Gasteiger partial charge in [-0.2, -0.15) is 0 Å². The van der Waals surface area contributed by atoms with Crippen molar-refractivity contribution in [2.75, 3.05) is 4.90 Å². The first-order valence-corrected chi connectivity index (χ1v) is 9.10. The van der Waals surface area contributed by atoms with Crippen LogP contribution in [0.15, 0.2) is 46.9 Å². The van der Waals surface area contributed by atoms with Crippen LogP contribution in [0.2, 0.25) is 0 Å². The zero-order chi connectivity index (χ0) is 18.2. The molecule has 5 heteroatoms. The first-order chi connectivity index (χ1) is 11.8. The van der Waals surface area contributed by atoms with E-state index in [1.807, 2.05) is 39.0 Å². The highest BCUT2D eigenvalue weighted by Crippen LogP contribution is 2.42. The number of fused-ring (bicyclic) bond motifs is 1. The Balaban J connectivity index is 2.05. The van der Waals surface area contributed by atoms with Crippen molar-refractivity contribution in [1.29, 1.82) is 0 Å². The van der Waals surface area contributed by atoms with E-state index in [9.17, 15) is 9.18 Å². The third-order valence-electron chi connectivity index (χ3n) is 4.18. The molecule has 1 amide bonds. The largest absolute Gasteiger partial charge is 0.443 e. The summed E-state index contributed by atoms with van der Waals surface area (Å²) in [6.07, 6.45) is 1.19. The molecular weight excluding hydrogens is 385 g/mol. The van der Waals surface area contributed by atoms with E-state index < -0.39 is 5.60 Å². The van der Waals surface area contributed by atoms with Gasteiger partial charge in [0.05, 0.1) is 11.7 Å². The van der Waals surface area contributed by atoms with Gasteiger partial charge in [0.25, 0.3) is 0 Å². The summed E-state index contributed by atoms with van der Waals surface area (Å²) in [4.78, 5) is 14.6. The van der Waals surface area contributed by atoms with Gasteiger partial charge in [-0.3, -0.25) is 4.90 Å². The van der Waals surface area contributed by atoms with Crippen LogP contribution in [0.5, 0.6) is 0 Å². The topological polar surface area (TPSA) is 29.5 Å². The number of anilines is 1. The average molecular weight is 406 g/mol. The summed E-state index contributed by atoms with van der Waals surface area (Å²) in [6, 6.07) is 12.0. The zero-order valence-corrected chi connectivity index (χ0v) is 16.1. The van der Waals surface area contributed by atoms with Crippen LogP contribution in [0.4, 0.5) is 14.9 Å².